The third-order valence-electron chi connectivity index (χ3n) is 5.72. The molecule has 3 aliphatic rings. The molecule has 156 valence electrons. The highest BCUT2D eigenvalue weighted by Gasteiger charge is 2.29. The summed E-state index contributed by atoms with van der Waals surface area (Å²) in [6.45, 7) is 4.91. The topological polar surface area (TPSA) is 85.2 Å². The van der Waals surface area contributed by atoms with Crippen LogP contribution in [0.3, 0.4) is 0 Å². The Morgan fingerprint density at radius 2 is 1.94 bits per heavy atom. The number of fused-ring (bicyclic) bond motifs is 3. The number of carbonyl (C=O) groups is 1. The molecule has 2 aromatic carbocycles. The highest BCUT2D eigenvalue weighted by Crippen LogP contribution is 2.36. The van der Waals surface area contributed by atoms with E-state index in [-0.39, 0.29) is 18.3 Å². The van der Waals surface area contributed by atoms with Crippen molar-refractivity contribution in [2.45, 2.75) is 20.5 Å². The SMILES string of the molecule is Cc1cc(C)c2c(c1)C(=c1sc3n(c1=O)CN(c1ccc4c(c1)OCO4)CN=3)C(=O)N2. The normalized spacial score (nSPS) is 17.9. The van der Waals surface area contributed by atoms with Crippen LogP contribution in [0.5, 0.6) is 11.5 Å². The maximum atomic E-state index is 13.3. The number of ether oxygens (including phenoxy) is 2. The van der Waals surface area contributed by atoms with Gasteiger partial charge in [-0.1, -0.05) is 23.0 Å². The monoisotopic (exact) mass is 434 g/mol. The van der Waals surface area contributed by atoms with Crippen LogP contribution in [0.4, 0.5) is 11.4 Å². The maximum absolute atomic E-state index is 13.3. The Morgan fingerprint density at radius 1 is 1.10 bits per heavy atom. The van der Waals surface area contributed by atoms with Crippen molar-refractivity contribution >= 4 is 34.2 Å². The van der Waals surface area contributed by atoms with Crippen LogP contribution < -0.4 is 34.6 Å². The van der Waals surface area contributed by atoms with Gasteiger partial charge in [0.1, 0.15) is 17.9 Å². The molecule has 31 heavy (non-hydrogen) atoms. The minimum absolute atomic E-state index is 0.202. The van der Waals surface area contributed by atoms with E-state index >= 15 is 0 Å². The maximum Gasteiger partial charge on any atom is 0.272 e. The second-order valence-electron chi connectivity index (χ2n) is 7.80. The molecule has 0 saturated carbocycles. The zero-order valence-electron chi connectivity index (χ0n) is 16.9. The van der Waals surface area contributed by atoms with Gasteiger partial charge in [-0.15, -0.1) is 0 Å². The van der Waals surface area contributed by atoms with E-state index in [4.69, 9.17) is 9.47 Å². The highest BCUT2D eigenvalue weighted by molar-refractivity contribution is 7.07. The van der Waals surface area contributed by atoms with Crippen molar-refractivity contribution in [2.24, 2.45) is 4.99 Å². The average Bonchev–Trinajstić information content (AvgIpc) is 3.43. The van der Waals surface area contributed by atoms with Gasteiger partial charge in [-0.05, 0) is 37.6 Å². The highest BCUT2D eigenvalue weighted by atomic mass is 32.1. The summed E-state index contributed by atoms with van der Waals surface area (Å²) in [5.41, 5.74) is 4.71. The fraction of sp³-hybridized carbons (Fsp3) is 0.227. The number of anilines is 2. The molecule has 1 aromatic heterocycles. The van der Waals surface area contributed by atoms with Gasteiger partial charge in [0.05, 0.1) is 11.3 Å². The van der Waals surface area contributed by atoms with Gasteiger partial charge in [-0.3, -0.25) is 14.2 Å². The first-order chi connectivity index (χ1) is 15.0. The molecule has 6 rings (SSSR count). The average molecular weight is 434 g/mol. The fourth-order valence-electron chi connectivity index (χ4n) is 4.26. The third-order valence-corrected chi connectivity index (χ3v) is 6.83. The van der Waals surface area contributed by atoms with E-state index in [1.54, 1.807) is 4.57 Å². The molecule has 0 saturated heterocycles. The number of hydrogen-bond donors (Lipinski definition) is 1. The predicted octanol–water partition coefficient (Wildman–Crippen LogP) is 1.46. The van der Waals surface area contributed by atoms with E-state index in [9.17, 15) is 9.59 Å². The number of benzene rings is 2. The molecule has 4 heterocycles. The number of nitrogens with zero attached hydrogens (tertiary/aromatic N) is 3. The smallest absolute Gasteiger partial charge is 0.272 e. The first-order valence-corrected chi connectivity index (χ1v) is 10.7. The van der Waals surface area contributed by atoms with E-state index < -0.39 is 0 Å². The van der Waals surface area contributed by atoms with Crippen molar-refractivity contribution in [3.63, 3.8) is 0 Å². The van der Waals surface area contributed by atoms with E-state index in [0.29, 0.717) is 39.7 Å². The number of aromatic nitrogens is 1. The number of aryl methyl sites for hydroxylation is 2. The molecule has 0 fully saturated rings. The summed E-state index contributed by atoms with van der Waals surface area (Å²) in [4.78, 5) is 33.3. The van der Waals surface area contributed by atoms with Crippen LogP contribution in [0.1, 0.15) is 16.7 Å². The number of rotatable bonds is 1. The Hall–Kier alpha value is -3.59. The Balaban J connectivity index is 1.46. The van der Waals surface area contributed by atoms with Crippen molar-refractivity contribution in [1.82, 2.24) is 4.57 Å². The van der Waals surface area contributed by atoms with E-state index in [0.717, 1.165) is 28.1 Å². The zero-order valence-corrected chi connectivity index (χ0v) is 17.7. The number of thiazole rings is 1. The molecule has 3 aromatic rings. The number of amides is 1. The summed E-state index contributed by atoms with van der Waals surface area (Å²) in [6.07, 6.45) is 0. The molecular formula is C22H18N4O4S. The Bertz CT molecular complexity index is 1470. The Labute approximate surface area is 180 Å². The molecule has 9 heteroatoms. The molecular weight excluding hydrogens is 416 g/mol. The standard InChI is InChI=1S/C22H18N4O4S/c1-11-5-12(2)18-14(6-11)17(20(27)24-18)19-21(28)26-9-25(8-23-22(26)31-19)13-3-4-15-16(7-13)30-10-29-15/h3-7H,8-10H2,1-2H3,(H,24,27). The first kappa shape index (κ1) is 18.2. The fourth-order valence-corrected chi connectivity index (χ4v) is 5.32. The molecule has 0 bridgehead atoms. The van der Waals surface area contributed by atoms with E-state index in [1.807, 2.05) is 49.1 Å². The van der Waals surface area contributed by atoms with Crippen molar-refractivity contribution in [2.75, 3.05) is 23.7 Å². The summed E-state index contributed by atoms with van der Waals surface area (Å²) in [7, 11) is 0. The summed E-state index contributed by atoms with van der Waals surface area (Å²) < 4.78 is 12.9. The summed E-state index contributed by atoms with van der Waals surface area (Å²) >= 11 is 1.27. The van der Waals surface area contributed by atoms with Gasteiger partial charge in [0, 0.05) is 17.3 Å². The summed E-state index contributed by atoms with van der Waals surface area (Å²) in [5.74, 6) is 1.15. The first-order valence-electron chi connectivity index (χ1n) is 9.85. The second-order valence-corrected chi connectivity index (χ2v) is 8.78. The molecule has 1 N–H and O–H groups in total. The van der Waals surface area contributed by atoms with Gasteiger partial charge in [-0.25, -0.2) is 4.99 Å². The van der Waals surface area contributed by atoms with Crippen LogP contribution in [0, 0.1) is 13.8 Å². The van der Waals surface area contributed by atoms with Gasteiger partial charge < -0.3 is 19.7 Å². The molecule has 0 radical (unpaired) electrons. The lowest BCUT2D eigenvalue weighted by molar-refractivity contribution is -0.110. The van der Waals surface area contributed by atoms with Crippen LogP contribution in [0.25, 0.3) is 5.57 Å². The molecule has 3 aliphatic heterocycles. The van der Waals surface area contributed by atoms with E-state index in [2.05, 4.69) is 10.3 Å². The van der Waals surface area contributed by atoms with Crippen molar-refractivity contribution in [3.8, 4) is 11.5 Å². The van der Waals surface area contributed by atoms with Crippen molar-refractivity contribution in [1.29, 1.82) is 0 Å². The Morgan fingerprint density at radius 3 is 2.81 bits per heavy atom. The van der Waals surface area contributed by atoms with Crippen LogP contribution in [-0.2, 0) is 11.5 Å². The summed E-state index contributed by atoms with van der Waals surface area (Å²) in [5, 5.41) is 2.92. The largest absolute Gasteiger partial charge is 0.454 e. The quantitative estimate of drug-likeness (QED) is 0.627. The molecule has 0 unspecified atom stereocenters. The van der Waals surface area contributed by atoms with Crippen LogP contribution in [-0.4, -0.2) is 23.9 Å². The van der Waals surface area contributed by atoms with Crippen molar-refractivity contribution in [3.05, 3.63) is 66.7 Å². The summed E-state index contributed by atoms with van der Waals surface area (Å²) in [6, 6.07) is 9.64. The lowest BCUT2D eigenvalue weighted by Gasteiger charge is -2.25. The molecule has 0 atom stereocenters. The van der Waals surface area contributed by atoms with Crippen LogP contribution in [0.2, 0.25) is 0 Å². The lowest BCUT2D eigenvalue weighted by Crippen LogP contribution is -2.43. The van der Waals surface area contributed by atoms with Gasteiger partial charge in [0.2, 0.25) is 6.79 Å². The third kappa shape index (κ3) is 2.70. The van der Waals surface area contributed by atoms with Gasteiger partial charge in [0.25, 0.3) is 11.5 Å². The van der Waals surface area contributed by atoms with Crippen LogP contribution >= 0.6 is 11.3 Å². The second kappa shape index (κ2) is 6.45. The molecule has 8 nitrogen and oxygen atoms in total. The minimum Gasteiger partial charge on any atom is -0.454 e. The molecule has 0 aliphatic carbocycles. The Kier molecular flexibility index (Phi) is 3.79. The lowest BCUT2D eigenvalue weighted by atomic mass is 10.0. The van der Waals surface area contributed by atoms with Crippen molar-refractivity contribution < 1.29 is 14.3 Å². The number of nitrogens with one attached hydrogen (secondary N) is 1. The zero-order chi connectivity index (χ0) is 21.3. The molecule has 0 spiro atoms. The van der Waals surface area contributed by atoms with Gasteiger partial charge in [0.15, 0.2) is 16.3 Å². The minimum atomic E-state index is -0.243. The van der Waals surface area contributed by atoms with Gasteiger partial charge in [-0.2, -0.15) is 0 Å². The van der Waals surface area contributed by atoms with Crippen LogP contribution in [0.15, 0.2) is 40.1 Å². The number of carbonyl (C=O) groups excluding carboxylic acids is 1. The van der Waals surface area contributed by atoms with Gasteiger partial charge >= 0.3 is 0 Å². The number of hydrogen-bond acceptors (Lipinski definition) is 7. The predicted molar refractivity (Wildman–Crippen MR) is 116 cm³/mol. The van der Waals surface area contributed by atoms with E-state index in [1.165, 1.54) is 11.3 Å². The molecule has 1 amide bonds.